The molecule has 0 saturated heterocycles. The van der Waals surface area contributed by atoms with Gasteiger partial charge in [0.25, 0.3) is 0 Å². The van der Waals surface area contributed by atoms with Gasteiger partial charge in [0.05, 0.1) is 11.9 Å². The fourth-order valence-corrected chi connectivity index (χ4v) is 2.07. The maximum absolute atomic E-state index is 11.0. The van der Waals surface area contributed by atoms with Crippen LogP contribution in [0.5, 0.6) is 0 Å². The Morgan fingerprint density at radius 1 is 1.33 bits per heavy atom. The van der Waals surface area contributed by atoms with Crippen molar-refractivity contribution in [2.24, 2.45) is 5.73 Å². The van der Waals surface area contributed by atoms with E-state index in [0.717, 1.165) is 0 Å². The summed E-state index contributed by atoms with van der Waals surface area (Å²) in [7, 11) is -3.00. The number of aliphatic hydroxyl groups excluding tert-OH is 1. The SMILES string of the molecule is CS(=O)(=O)Cc1ccc(C(O)CN)cc1. The summed E-state index contributed by atoms with van der Waals surface area (Å²) in [6, 6.07) is 6.76. The zero-order valence-corrected chi connectivity index (χ0v) is 9.37. The highest BCUT2D eigenvalue weighted by Gasteiger charge is 2.07. The second kappa shape index (κ2) is 4.74. The first-order valence-corrected chi connectivity index (χ1v) is 6.63. The molecule has 5 heteroatoms. The Hall–Kier alpha value is -0.910. The van der Waals surface area contributed by atoms with E-state index in [4.69, 9.17) is 5.73 Å². The van der Waals surface area contributed by atoms with Gasteiger partial charge in [0, 0.05) is 12.8 Å². The molecule has 1 aromatic carbocycles. The summed E-state index contributed by atoms with van der Waals surface area (Å²) in [5.41, 5.74) is 6.71. The van der Waals surface area contributed by atoms with Crippen LogP contribution in [0.25, 0.3) is 0 Å². The van der Waals surface area contributed by atoms with Gasteiger partial charge in [-0.05, 0) is 11.1 Å². The molecule has 0 saturated carbocycles. The normalized spacial score (nSPS) is 13.8. The molecule has 0 radical (unpaired) electrons. The predicted molar refractivity (Wildman–Crippen MR) is 59.0 cm³/mol. The Kier molecular flexibility index (Phi) is 3.84. The van der Waals surface area contributed by atoms with E-state index in [2.05, 4.69) is 0 Å². The van der Waals surface area contributed by atoms with Gasteiger partial charge in [-0.15, -0.1) is 0 Å². The molecule has 1 aromatic rings. The van der Waals surface area contributed by atoms with Crippen LogP contribution in [0.15, 0.2) is 24.3 Å². The number of sulfone groups is 1. The zero-order chi connectivity index (χ0) is 11.5. The van der Waals surface area contributed by atoms with E-state index >= 15 is 0 Å². The largest absolute Gasteiger partial charge is 0.387 e. The quantitative estimate of drug-likeness (QED) is 0.774. The Morgan fingerprint density at radius 2 is 1.87 bits per heavy atom. The minimum atomic E-state index is -3.00. The van der Waals surface area contributed by atoms with Crippen LogP contribution in [0.3, 0.4) is 0 Å². The zero-order valence-electron chi connectivity index (χ0n) is 8.55. The molecule has 0 amide bonds. The molecule has 4 nitrogen and oxygen atoms in total. The Labute approximate surface area is 89.7 Å². The highest BCUT2D eigenvalue weighted by atomic mass is 32.2. The lowest BCUT2D eigenvalue weighted by atomic mass is 10.1. The summed E-state index contributed by atoms with van der Waals surface area (Å²) in [5.74, 6) is 0.0198. The Balaban J connectivity index is 2.81. The molecule has 0 bridgehead atoms. The molecule has 1 atom stereocenters. The van der Waals surface area contributed by atoms with Crippen molar-refractivity contribution in [3.05, 3.63) is 35.4 Å². The van der Waals surface area contributed by atoms with Crippen LogP contribution < -0.4 is 5.73 Å². The molecular weight excluding hydrogens is 214 g/mol. The lowest BCUT2D eigenvalue weighted by Crippen LogP contribution is -2.11. The number of rotatable bonds is 4. The van der Waals surface area contributed by atoms with Gasteiger partial charge in [0.15, 0.2) is 9.84 Å². The third kappa shape index (κ3) is 3.99. The molecule has 3 N–H and O–H groups in total. The predicted octanol–water partition coefficient (Wildman–Crippen LogP) is 0.223. The van der Waals surface area contributed by atoms with Gasteiger partial charge < -0.3 is 10.8 Å². The average molecular weight is 229 g/mol. The Morgan fingerprint density at radius 3 is 2.27 bits per heavy atom. The molecule has 0 heterocycles. The molecule has 1 unspecified atom stereocenters. The van der Waals surface area contributed by atoms with Gasteiger partial charge >= 0.3 is 0 Å². The lowest BCUT2D eigenvalue weighted by Gasteiger charge is -2.08. The van der Waals surface area contributed by atoms with Crippen LogP contribution in [-0.4, -0.2) is 26.3 Å². The second-order valence-electron chi connectivity index (χ2n) is 3.56. The van der Waals surface area contributed by atoms with Crippen LogP contribution in [-0.2, 0) is 15.6 Å². The molecule has 15 heavy (non-hydrogen) atoms. The highest BCUT2D eigenvalue weighted by Crippen LogP contribution is 2.13. The van der Waals surface area contributed by atoms with Gasteiger partial charge in [0.2, 0.25) is 0 Å². The fourth-order valence-electron chi connectivity index (χ4n) is 1.27. The molecule has 0 aromatic heterocycles. The van der Waals surface area contributed by atoms with Crippen LogP contribution in [0.4, 0.5) is 0 Å². The highest BCUT2D eigenvalue weighted by molar-refractivity contribution is 7.89. The first-order chi connectivity index (χ1) is 6.92. The van der Waals surface area contributed by atoms with E-state index in [1.165, 1.54) is 6.26 Å². The van der Waals surface area contributed by atoms with Crippen LogP contribution in [0.2, 0.25) is 0 Å². The maximum Gasteiger partial charge on any atom is 0.151 e. The summed E-state index contributed by atoms with van der Waals surface area (Å²) < 4.78 is 22.0. The maximum atomic E-state index is 11.0. The summed E-state index contributed by atoms with van der Waals surface area (Å²) in [5, 5.41) is 9.41. The standard InChI is InChI=1S/C10H15NO3S/c1-15(13,14)7-8-2-4-9(5-3-8)10(12)6-11/h2-5,10,12H,6-7,11H2,1H3. The van der Waals surface area contributed by atoms with E-state index in [1.54, 1.807) is 24.3 Å². The minimum Gasteiger partial charge on any atom is -0.387 e. The second-order valence-corrected chi connectivity index (χ2v) is 5.70. The molecule has 0 aliphatic carbocycles. The van der Waals surface area contributed by atoms with Crippen molar-refractivity contribution < 1.29 is 13.5 Å². The van der Waals surface area contributed by atoms with Crippen molar-refractivity contribution in [2.45, 2.75) is 11.9 Å². The van der Waals surface area contributed by atoms with Gasteiger partial charge in [0.1, 0.15) is 0 Å². The first kappa shape index (κ1) is 12.2. The number of benzene rings is 1. The van der Waals surface area contributed by atoms with Gasteiger partial charge in [-0.25, -0.2) is 8.42 Å². The van der Waals surface area contributed by atoms with E-state index < -0.39 is 15.9 Å². The third-order valence-electron chi connectivity index (χ3n) is 2.02. The smallest absolute Gasteiger partial charge is 0.151 e. The third-order valence-corrected chi connectivity index (χ3v) is 2.87. The summed E-state index contributed by atoms with van der Waals surface area (Å²) in [6.45, 7) is 0.158. The van der Waals surface area contributed by atoms with Crippen molar-refractivity contribution in [1.29, 1.82) is 0 Å². The number of nitrogens with two attached hydrogens (primary N) is 1. The summed E-state index contributed by atoms with van der Waals surface area (Å²) in [4.78, 5) is 0. The lowest BCUT2D eigenvalue weighted by molar-refractivity contribution is 0.187. The van der Waals surface area contributed by atoms with Gasteiger partial charge in [-0.3, -0.25) is 0 Å². The molecular formula is C10H15NO3S. The molecule has 0 aliphatic rings. The van der Waals surface area contributed by atoms with Crippen LogP contribution in [0.1, 0.15) is 17.2 Å². The summed E-state index contributed by atoms with van der Waals surface area (Å²) >= 11 is 0. The van der Waals surface area contributed by atoms with E-state index in [-0.39, 0.29) is 12.3 Å². The van der Waals surface area contributed by atoms with Gasteiger partial charge in [-0.1, -0.05) is 24.3 Å². The summed E-state index contributed by atoms with van der Waals surface area (Å²) in [6.07, 6.45) is 0.507. The van der Waals surface area contributed by atoms with E-state index in [0.29, 0.717) is 11.1 Å². The number of hydrogen-bond donors (Lipinski definition) is 2. The van der Waals surface area contributed by atoms with Crippen LogP contribution >= 0.6 is 0 Å². The van der Waals surface area contributed by atoms with Crippen molar-refractivity contribution >= 4 is 9.84 Å². The molecule has 1 rings (SSSR count). The van der Waals surface area contributed by atoms with Crippen LogP contribution in [0, 0.1) is 0 Å². The Bertz CT molecular complexity index is 411. The topological polar surface area (TPSA) is 80.4 Å². The van der Waals surface area contributed by atoms with E-state index in [9.17, 15) is 13.5 Å². The minimum absolute atomic E-state index is 0.0198. The molecule has 0 fully saturated rings. The van der Waals surface area contributed by atoms with Crippen molar-refractivity contribution in [1.82, 2.24) is 0 Å². The fraction of sp³-hybridized carbons (Fsp3) is 0.400. The average Bonchev–Trinajstić information content (AvgIpc) is 2.15. The monoisotopic (exact) mass is 229 g/mol. The molecule has 0 aliphatic heterocycles. The molecule has 0 spiro atoms. The van der Waals surface area contributed by atoms with Crippen molar-refractivity contribution in [3.8, 4) is 0 Å². The first-order valence-electron chi connectivity index (χ1n) is 4.57. The van der Waals surface area contributed by atoms with Gasteiger partial charge in [-0.2, -0.15) is 0 Å². The molecule has 84 valence electrons. The van der Waals surface area contributed by atoms with Crippen molar-refractivity contribution in [2.75, 3.05) is 12.8 Å². The van der Waals surface area contributed by atoms with E-state index in [1.807, 2.05) is 0 Å². The van der Waals surface area contributed by atoms with Crippen molar-refractivity contribution in [3.63, 3.8) is 0 Å². The number of hydrogen-bond acceptors (Lipinski definition) is 4. The number of aliphatic hydroxyl groups is 1.